The number of para-hydroxylation sites is 1. The number of methoxy groups -OCH3 is 1. The lowest BCUT2D eigenvalue weighted by Gasteiger charge is -2.31. The van der Waals surface area contributed by atoms with Gasteiger partial charge in [0.05, 0.1) is 7.11 Å². The number of benzene rings is 1. The van der Waals surface area contributed by atoms with Gasteiger partial charge < -0.3 is 15.0 Å². The van der Waals surface area contributed by atoms with Crippen LogP contribution in [0, 0.1) is 5.41 Å². The molecule has 0 radical (unpaired) electrons. The molecule has 21 heavy (non-hydrogen) atoms. The molecule has 1 aliphatic heterocycles. The first kappa shape index (κ1) is 15.8. The Bertz CT molecular complexity index is 477. The number of nitrogens with one attached hydrogen (secondary N) is 1. The standard InChI is InChI=1S/C17H26N2O2/c1-17(2,13-14-7-4-5-8-15(14)21-3)16(20)19-11-6-9-18-10-12-19/h4-5,7-8,18H,6,9-13H2,1-3H3. The summed E-state index contributed by atoms with van der Waals surface area (Å²) in [4.78, 5) is 14.8. The summed E-state index contributed by atoms with van der Waals surface area (Å²) in [6, 6.07) is 7.94. The topological polar surface area (TPSA) is 41.6 Å². The van der Waals surface area contributed by atoms with E-state index >= 15 is 0 Å². The fraction of sp³-hybridized carbons (Fsp3) is 0.588. The molecule has 1 aromatic carbocycles. The van der Waals surface area contributed by atoms with E-state index < -0.39 is 5.41 Å². The third kappa shape index (κ3) is 3.97. The molecule has 0 aliphatic carbocycles. The molecule has 0 atom stereocenters. The van der Waals surface area contributed by atoms with Crippen LogP contribution in [0.5, 0.6) is 5.75 Å². The summed E-state index contributed by atoms with van der Waals surface area (Å²) in [5.74, 6) is 1.09. The van der Waals surface area contributed by atoms with Gasteiger partial charge in [0.2, 0.25) is 5.91 Å². The zero-order valence-electron chi connectivity index (χ0n) is 13.3. The minimum Gasteiger partial charge on any atom is -0.496 e. The Morgan fingerprint density at radius 3 is 2.81 bits per heavy atom. The minimum atomic E-state index is -0.418. The Morgan fingerprint density at radius 2 is 2.05 bits per heavy atom. The third-order valence-corrected chi connectivity index (χ3v) is 4.03. The van der Waals surface area contributed by atoms with E-state index in [1.807, 2.05) is 43.0 Å². The lowest BCUT2D eigenvalue weighted by atomic mass is 9.84. The molecule has 1 aromatic rings. The molecule has 1 aliphatic rings. The maximum absolute atomic E-state index is 12.8. The zero-order chi connectivity index (χ0) is 15.3. The number of amides is 1. The van der Waals surface area contributed by atoms with Crippen LogP contribution in [0.3, 0.4) is 0 Å². The Kier molecular flexibility index (Phi) is 5.23. The number of ether oxygens (including phenoxy) is 1. The fourth-order valence-corrected chi connectivity index (χ4v) is 2.88. The van der Waals surface area contributed by atoms with Crippen molar-refractivity contribution in [1.29, 1.82) is 0 Å². The van der Waals surface area contributed by atoms with E-state index in [4.69, 9.17) is 4.74 Å². The van der Waals surface area contributed by atoms with Crippen LogP contribution in [0.4, 0.5) is 0 Å². The van der Waals surface area contributed by atoms with Crippen molar-refractivity contribution in [3.8, 4) is 5.75 Å². The lowest BCUT2D eigenvalue weighted by Crippen LogP contribution is -2.43. The number of hydrogen-bond donors (Lipinski definition) is 1. The highest BCUT2D eigenvalue weighted by Crippen LogP contribution is 2.29. The van der Waals surface area contributed by atoms with Gasteiger partial charge in [0.1, 0.15) is 5.75 Å². The van der Waals surface area contributed by atoms with E-state index in [1.54, 1.807) is 7.11 Å². The van der Waals surface area contributed by atoms with E-state index in [1.165, 1.54) is 0 Å². The van der Waals surface area contributed by atoms with E-state index in [9.17, 15) is 4.79 Å². The molecule has 0 bridgehead atoms. The van der Waals surface area contributed by atoms with E-state index in [-0.39, 0.29) is 5.91 Å². The Balaban J connectivity index is 2.11. The predicted molar refractivity (Wildman–Crippen MR) is 84.5 cm³/mol. The molecule has 0 unspecified atom stereocenters. The van der Waals surface area contributed by atoms with Crippen LogP contribution in [0.2, 0.25) is 0 Å². The average molecular weight is 290 g/mol. The first-order chi connectivity index (χ1) is 10.0. The van der Waals surface area contributed by atoms with E-state index in [0.717, 1.165) is 43.9 Å². The van der Waals surface area contributed by atoms with Crippen molar-refractivity contribution in [2.24, 2.45) is 5.41 Å². The lowest BCUT2D eigenvalue weighted by molar-refractivity contribution is -0.140. The van der Waals surface area contributed by atoms with Crippen molar-refractivity contribution in [3.63, 3.8) is 0 Å². The summed E-state index contributed by atoms with van der Waals surface area (Å²) >= 11 is 0. The van der Waals surface area contributed by atoms with Crippen molar-refractivity contribution in [2.45, 2.75) is 26.7 Å². The van der Waals surface area contributed by atoms with Crippen LogP contribution in [-0.4, -0.2) is 44.1 Å². The zero-order valence-corrected chi connectivity index (χ0v) is 13.3. The van der Waals surface area contributed by atoms with Gasteiger partial charge in [-0.05, 0) is 31.0 Å². The van der Waals surface area contributed by atoms with Crippen LogP contribution < -0.4 is 10.1 Å². The van der Waals surface area contributed by atoms with Gasteiger partial charge in [0.25, 0.3) is 0 Å². The van der Waals surface area contributed by atoms with Crippen LogP contribution in [0.15, 0.2) is 24.3 Å². The number of hydrogen-bond acceptors (Lipinski definition) is 3. The largest absolute Gasteiger partial charge is 0.496 e. The smallest absolute Gasteiger partial charge is 0.228 e. The second-order valence-electron chi connectivity index (χ2n) is 6.27. The molecule has 4 nitrogen and oxygen atoms in total. The summed E-state index contributed by atoms with van der Waals surface area (Å²) in [6.45, 7) is 7.59. The van der Waals surface area contributed by atoms with E-state index in [0.29, 0.717) is 6.42 Å². The Hall–Kier alpha value is -1.55. The maximum atomic E-state index is 12.8. The minimum absolute atomic E-state index is 0.233. The monoisotopic (exact) mass is 290 g/mol. The molecular weight excluding hydrogens is 264 g/mol. The van der Waals surface area contributed by atoms with Gasteiger partial charge >= 0.3 is 0 Å². The van der Waals surface area contributed by atoms with Crippen LogP contribution >= 0.6 is 0 Å². The first-order valence-electron chi connectivity index (χ1n) is 7.66. The Labute approximate surface area is 127 Å². The van der Waals surface area contributed by atoms with Gasteiger partial charge in [-0.25, -0.2) is 0 Å². The van der Waals surface area contributed by atoms with Crippen molar-refractivity contribution in [3.05, 3.63) is 29.8 Å². The summed E-state index contributed by atoms with van der Waals surface area (Å²) in [6.07, 6.45) is 1.72. The maximum Gasteiger partial charge on any atom is 0.228 e. The summed E-state index contributed by atoms with van der Waals surface area (Å²) in [5.41, 5.74) is 0.671. The second-order valence-corrected chi connectivity index (χ2v) is 6.27. The Morgan fingerprint density at radius 1 is 1.29 bits per heavy atom. The third-order valence-electron chi connectivity index (χ3n) is 4.03. The molecule has 0 aromatic heterocycles. The molecule has 2 rings (SSSR count). The fourth-order valence-electron chi connectivity index (χ4n) is 2.88. The summed E-state index contributed by atoms with van der Waals surface area (Å²) < 4.78 is 5.40. The molecule has 1 fully saturated rings. The number of carbonyl (C=O) groups excluding carboxylic acids is 1. The van der Waals surface area contributed by atoms with Crippen LogP contribution in [-0.2, 0) is 11.2 Å². The van der Waals surface area contributed by atoms with Gasteiger partial charge in [-0.15, -0.1) is 0 Å². The van der Waals surface area contributed by atoms with Crippen molar-refractivity contribution in [2.75, 3.05) is 33.3 Å². The first-order valence-corrected chi connectivity index (χ1v) is 7.66. The van der Waals surface area contributed by atoms with Crippen molar-refractivity contribution < 1.29 is 9.53 Å². The second kappa shape index (κ2) is 6.94. The summed E-state index contributed by atoms with van der Waals surface area (Å²) in [5, 5.41) is 3.34. The molecular formula is C17H26N2O2. The highest BCUT2D eigenvalue weighted by Gasteiger charge is 2.33. The molecule has 1 heterocycles. The number of nitrogens with zero attached hydrogens (tertiary/aromatic N) is 1. The molecule has 4 heteroatoms. The van der Waals surface area contributed by atoms with Gasteiger partial charge in [-0.1, -0.05) is 32.0 Å². The summed E-state index contributed by atoms with van der Waals surface area (Å²) in [7, 11) is 1.67. The average Bonchev–Trinajstić information content (AvgIpc) is 2.75. The van der Waals surface area contributed by atoms with Crippen LogP contribution in [0.25, 0.3) is 0 Å². The molecule has 0 spiro atoms. The molecule has 0 saturated carbocycles. The SMILES string of the molecule is COc1ccccc1CC(C)(C)C(=O)N1CCCNCC1. The van der Waals surface area contributed by atoms with E-state index in [2.05, 4.69) is 5.32 Å². The molecule has 1 N–H and O–H groups in total. The quantitative estimate of drug-likeness (QED) is 0.923. The molecule has 1 saturated heterocycles. The number of carbonyl (C=O) groups is 1. The van der Waals surface area contributed by atoms with Gasteiger partial charge in [-0.2, -0.15) is 0 Å². The highest BCUT2D eigenvalue weighted by molar-refractivity contribution is 5.82. The van der Waals surface area contributed by atoms with Gasteiger partial charge in [0, 0.05) is 25.0 Å². The molecule has 116 valence electrons. The predicted octanol–water partition coefficient (Wildman–Crippen LogP) is 2.09. The van der Waals surface area contributed by atoms with Crippen molar-refractivity contribution >= 4 is 5.91 Å². The highest BCUT2D eigenvalue weighted by atomic mass is 16.5. The van der Waals surface area contributed by atoms with Gasteiger partial charge in [0.15, 0.2) is 0 Å². The normalized spacial score (nSPS) is 16.4. The van der Waals surface area contributed by atoms with Crippen LogP contribution in [0.1, 0.15) is 25.8 Å². The van der Waals surface area contributed by atoms with Crippen molar-refractivity contribution in [1.82, 2.24) is 10.2 Å². The molecule has 1 amide bonds. The number of rotatable bonds is 4. The van der Waals surface area contributed by atoms with Gasteiger partial charge in [-0.3, -0.25) is 4.79 Å².